The minimum atomic E-state index is 0.665. The van der Waals surface area contributed by atoms with Crippen molar-refractivity contribution in [1.82, 2.24) is 9.80 Å². The highest BCUT2D eigenvalue weighted by atomic mass is 15.2. The predicted molar refractivity (Wildman–Crippen MR) is 61.4 cm³/mol. The lowest BCUT2D eigenvalue weighted by Gasteiger charge is -2.24. The Hall–Kier alpha value is -0.120. The van der Waals surface area contributed by atoms with Crippen molar-refractivity contribution in [3.63, 3.8) is 0 Å². The quantitative estimate of drug-likeness (QED) is 0.704. The molecule has 0 saturated carbocycles. The summed E-state index contributed by atoms with van der Waals surface area (Å²) < 4.78 is 0. The molecule has 1 aliphatic rings. The van der Waals surface area contributed by atoms with Gasteiger partial charge in [-0.25, -0.2) is 0 Å². The van der Waals surface area contributed by atoms with Crippen molar-refractivity contribution in [3.8, 4) is 0 Å². The van der Waals surface area contributed by atoms with E-state index in [-0.39, 0.29) is 0 Å². The van der Waals surface area contributed by atoms with Crippen molar-refractivity contribution in [2.45, 2.75) is 26.3 Å². The first-order valence-corrected chi connectivity index (χ1v) is 5.76. The monoisotopic (exact) mass is 199 g/mol. The summed E-state index contributed by atoms with van der Waals surface area (Å²) in [6.45, 7) is 10.1. The van der Waals surface area contributed by atoms with Crippen LogP contribution in [0.25, 0.3) is 0 Å². The van der Waals surface area contributed by atoms with Crippen molar-refractivity contribution in [2.24, 2.45) is 11.7 Å². The fourth-order valence-corrected chi connectivity index (χ4v) is 2.07. The van der Waals surface area contributed by atoms with Gasteiger partial charge in [0.1, 0.15) is 0 Å². The lowest BCUT2D eigenvalue weighted by atomic mass is 10.1. The van der Waals surface area contributed by atoms with E-state index in [0.29, 0.717) is 6.04 Å². The summed E-state index contributed by atoms with van der Waals surface area (Å²) in [6, 6.07) is 0.665. The number of hydrogen-bond acceptors (Lipinski definition) is 3. The van der Waals surface area contributed by atoms with E-state index in [1.165, 1.54) is 26.1 Å². The smallest absolute Gasteiger partial charge is 0.0105 e. The summed E-state index contributed by atoms with van der Waals surface area (Å²) in [4.78, 5) is 4.93. The molecule has 1 heterocycles. The van der Waals surface area contributed by atoms with Gasteiger partial charge in [0.2, 0.25) is 0 Å². The second kappa shape index (κ2) is 5.69. The number of hydrogen-bond donors (Lipinski definition) is 1. The normalized spacial score (nSPS) is 24.0. The summed E-state index contributed by atoms with van der Waals surface area (Å²) in [6.07, 6.45) is 1.34. The largest absolute Gasteiger partial charge is 0.329 e. The zero-order valence-corrected chi connectivity index (χ0v) is 9.87. The van der Waals surface area contributed by atoms with E-state index in [1.54, 1.807) is 0 Å². The highest BCUT2D eigenvalue weighted by Gasteiger charge is 2.23. The van der Waals surface area contributed by atoms with Crippen LogP contribution >= 0.6 is 0 Å². The maximum atomic E-state index is 5.55. The first kappa shape index (κ1) is 12.0. The summed E-state index contributed by atoms with van der Waals surface area (Å²) in [5.74, 6) is 0.856. The number of nitrogens with two attached hydrogens (primary N) is 1. The van der Waals surface area contributed by atoms with Gasteiger partial charge in [-0.2, -0.15) is 0 Å². The molecule has 0 spiro atoms. The molecule has 1 fully saturated rings. The van der Waals surface area contributed by atoms with Gasteiger partial charge in [-0.3, -0.25) is 0 Å². The van der Waals surface area contributed by atoms with Crippen LogP contribution in [0.2, 0.25) is 0 Å². The molecule has 1 rings (SSSR count). The first-order valence-electron chi connectivity index (χ1n) is 5.76. The van der Waals surface area contributed by atoms with Crippen molar-refractivity contribution in [2.75, 3.05) is 39.8 Å². The molecule has 3 nitrogen and oxygen atoms in total. The second-order valence-electron chi connectivity index (χ2n) is 4.78. The van der Waals surface area contributed by atoms with Gasteiger partial charge in [-0.05, 0) is 39.8 Å². The van der Waals surface area contributed by atoms with Gasteiger partial charge in [0.05, 0.1) is 0 Å². The van der Waals surface area contributed by atoms with E-state index in [2.05, 4.69) is 30.7 Å². The number of rotatable bonds is 5. The highest BCUT2D eigenvalue weighted by molar-refractivity contribution is 4.78. The molecule has 0 bridgehead atoms. The Labute approximate surface area is 88.2 Å². The van der Waals surface area contributed by atoms with Gasteiger partial charge in [-0.1, -0.05) is 0 Å². The van der Waals surface area contributed by atoms with E-state index in [1.807, 2.05) is 0 Å². The topological polar surface area (TPSA) is 32.5 Å². The molecule has 0 radical (unpaired) electrons. The second-order valence-corrected chi connectivity index (χ2v) is 4.78. The van der Waals surface area contributed by atoms with Crippen LogP contribution in [0.15, 0.2) is 0 Å². The Balaban J connectivity index is 2.21. The molecule has 84 valence electrons. The van der Waals surface area contributed by atoms with Crippen LogP contribution < -0.4 is 5.73 Å². The van der Waals surface area contributed by atoms with Gasteiger partial charge >= 0.3 is 0 Å². The number of nitrogens with zero attached hydrogens (tertiary/aromatic N) is 2. The summed E-state index contributed by atoms with van der Waals surface area (Å²) in [5.41, 5.74) is 5.55. The van der Waals surface area contributed by atoms with E-state index < -0.39 is 0 Å². The Morgan fingerprint density at radius 2 is 2.21 bits per heavy atom. The Kier molecular flexibility index (Phi) is 4.85. The molecule has 0 aliphatic carbocycles. The Morgan fingerprint density at radius 1 is 1.50 bits per heavy atom. The molecule has 0 amide bonds. The van der Waals surface area contributed by atoms with Crippen LogP contribution in [0.5, 0.6) is 0 Å². The predicted octanol–water partition coefficient (Wildman–Crippen LogP) is 0.607. The maximum absolute atomic E-state index is 5.55. The molecule has 1 aliphatic heterocycles. The van der Waals surface area contributed by atoms with Crippen molar-refractivity contribution in [3.05, 3.63) is 0 Å². The van der Waals surface area contributed by atoms with Gasteiger partial charge in [0.15, 0.2) is 0 Å². The fraction of sp³-hybridized carbons (Fsp3) is 1.00. The van der Waals surface area contributed by atoms with Crippen molar-refractivity contribution >= 4 is 0 Å². The summed E-state index contributed by atoms with van der Waals surface area (Å²) in [5, 5.41) is 0. The van der Waals surface area contributed by atoms with Gasteiger partial charge < -0.3 is 15.5 Å². The standard InChI is InChI=1S/C11H25N3/c1-10(2)13(3)8-11-4-6-14(9-11)7-5-12/h10-11H,4-9,12H2,1-3H3/t11-/m1/s1. The molecule has 14 heavy (non-hydrogen) atoms. The van der Waals surface area contributed by atoms with Gasteiger partial charge in [0.25, 0.3) is 0 Å². The van der Waals surface area contributed by atoms with Crippen molar-refractivity contribution < 1.29 is 0 Å². The average Bonchev–Trinajstić information content (AvgIpc) is 2.53. The average molecular weight is 199 g/mol. The van der Waals surface area contributed by atoms with E-state index >= 15 is 0 Å². The highest BCUT2D eigenvalue weighted by Crippen LogP contribution is 2.17. The Bertz CT molecular complexity index is 159. The van der Waals surface area contributed by atoms with Crippen LogP contribution in [0.1, 0.15) is 20.3 Å². The minimum absolute atomic E-state index is 0.665. The molecule has 1 saturated heterocycles. The zero-order valence-electron chi connectivity index (χ0n) is 9.87. The van der Waals surface area contributed by atoms with Crippen molar-refractivity contribution in [1.29, 1.82) is 0 Å². The molecular weight excluding hydrogens is 174 g/mol. The van der Waals surface area contributed by atoms with Crippen LogP contribution in [0, 0.1) is 5.92 Å². The lowest BCUT2D eigenvalue weighted by Crippen LogP contribution is -2.33. The third-order valence-electron chi connectivity index (χ3n) is 3.24. The van der Waals surface area contributed by atoms with Crippen LogP contribution in [0.4, 0.5) is 0 Å². The molecule has 3 heteroatoms. The van der Waals surface area contributed by atoms with Gasteiger partial charge in [0, 0.05) is 32.2 Å². The van der Waals surface area contributed by atoms with Crippen LogP contribution in [0.3, 0.4) is 0 Å². The minimum Gasteiger partial charge on any atom is -0.329 e. The van der Waals surface area contributed by atoms with E-state index in [9.17, 15) is 0 Å². The molecular formula is C11H25N3. The number of likely N-dealkylation sites (tertiary alicyclic amines) is 1. The SMILES string of the molecule is CC(C)N(C)C[C@H]1CCN(CCN)C1. The molecule has 0 aromatic heterocycles. The summed E-state index contributed by atoms with van der Waals surface area (Å²) in [7, 11) is 2.22. The first-order chi connectivity index (χ1) is 6.63. The third-order valence-corrected chi connectivity index (χ3v) is 3.24. The molecule has 0 aromatic carbocycles. The third kappa shape index (κ3) is 3.56. The Morgan fingerprint density at radius 3 is 2.79 bits per heavy atom. The molecule has 0 unspecified atom stereocenters. The van der Waals surface area contributed by atoms with Gasteiger partial charge in [-0.15, -0.1) is 0 Å². The maximum Gasteiger partial charge on any atom is 0.0105 e. The van der Waals surface area contributed by atoms with E-state index in [4.69, 9.17) is 5.73 Å². The molecule has 2 N–H and O–H groups in total. The lowest BCUT2D eigenvalue weighted by molar-refractivity contribution is 0.226. The van der Waals surface area contributed by atoms with Crippen LogP contribution in [-0.2, 0) is 0 Å². The molecule has 1 atom stereocenters. The zero-order chi connectivity index (χ0) is 10.6. The van der Waals surface area contributed by atoms with E-state index in [0.717, 1.165) is 19.0 Å². The summed E-state index contributed by atoms with van der Waals surface area (Å²) >= 11 is 0. The fourth-order valence-electron chi connectivity index (χ4n) is 2.07. The molecule has 0 aromatic rings. The van der Waals surface area contributed by atoms with Crippen LogP contribution in [-0.4, -0.2) is 55.6 Å².